The fraction of sp³-hybridized carbons (Fsp3) is 0.375. The lowest BCUT2D eigenvalue weighted by Crippen LogP contribution is -2.41. The van der Waals surface area contributed by atoms with Gasteiger partial charge in [0.1, 0.15) is 5.75 Å². The molecule has 1 aliphatic carbocycles. The number of methoxy groups -OCH3 is 1. The minimum atomic E-state index is -0.281. The largest absolute Gasteiger partial charge is 0.497 e. The summed E-state index contributed by atoms with van der Waals surface area (Å²) in [5.74, 6) is 1.56. The summed E-state index contributed by atoms with van der Waals surface area (Å²) in [6.07, 6.45) is 5.58. The first-order chi connectivity index (χ1) is 13.4. The van der Waals surface area contributed by atoms with Crippen molar-refractivity contribution in [2.75, 3.05) is 12.4 Å². The number of anilines is 1. The maximum Gasteiger partial charge on any atom is 0.253 e. The van der Waals surface area contributed by atoms with E-state index >= 15 is 0 Å². The van der Waals surface area contributed by atoms with Crippen LogP contribution in [0.4, 0.5) is 5.69 Å². The van der Waals surface area contributed by atoms with Gasteiger partial charge >= 0.3 is 0 Å². The Bertz CT molecular complexity index is 926. The van der Waals surface area contributed by atoms with Crippen molar-refractivity contribution in [2.24, 2.45) is 5.92 Å². The zero-order valence-corrected chi connectivity index (χ0v) is 17.0. The Hall–Kier alpha value is -2.75. The molecule has 2 N–H and O–H groups in total. The van der Waals surface area contributed by atoms with Crippen molar-refractivity contribution in [1.82, 2.24) is 5.32 Å². The summed E-state index contributed by atoms with van der Waals surface area (Å²) in [6, 6.07) is 14.4. The zero-order valence-electron chi connectivity index (χ0n) is 17.0. The van der Waals surface area contributed by atoms with Gasteiger partial charge in [-0.3, -0.25) is 4.79 Å². The normalized spacial score (nSPS) is 22.8. The smallest absolute Gasteiger partial charge is 0.253 e. The van der Waals surface area contributed by atoms with E-state index in [-0.39, 0.29) is 17.5 Å². The molecule has 4 heteroatoms. The average Bonchev–Trinajstić information content (AvgIpc) is 3.15. The predicted molar refractivity (Wildman–Crippen MR) is 113 cm³/mol. The lowest BCUT2D eigenvalue weighted by atomic mass is 9.76. The zero-order chi connectivity index (χ0) is 19.9. The molecule has 1 heterocycles. The van der Waals surface area contributed by atoms with Crippen LogP contribution in [-0.2, 0) is 0 Å². The first-order valence-corrected chi connectivity index (χ1v) is 9.90. The van der Waals surface area contributed by atoms with Gasteiger partial charge in [0.25, 0.3) is 5.91 Å². The molecular formula is C24H28N2O2. The molecule has 0 spiro atoms. The number of allylic oxidation sites excluding steroid dienone is 2. The number of hydrogen-bond donors (Lipinski definition) is 2. The molecule has 0 radical (unpaired) electrons. The number of carbonyl (C=O) groups is 1. The van der Waals surface area contributed by atoms with Crippen LogP contribution < -0.4 is 15.4 Å². The van der Waals surface area contributed by atoms with Crippen molar-refractivity contribution < 1.29 is 9.53 Å². The van der Waals surface area contributed by atoms with Crippen LogP contribution in [0.25, 0.3) is 0 Å². The minimum Gasteiger partial charge on any atom is -0.497 e. The summed E-state index contributed by atoms with van der Waals surface area (Å²) in [4.78, 5) is 13.0. The Morgan fingerprint density at radius 2 is 1.96 bits per heavy atom. The Balaban J connectivity index is 1.77. The first-order valence-electron chi connectivity index (χ1n) is 9.90. The van der Waals surface area contributed by atoms with Gasteiger partial charge in [-0.15, -0.1) is 0 Å². The molecule has 2 aliphatic rings. The van der Waals surface area contributed by atoms with Crippen LogP contribution in [0.3, 0.4) is 0 Å². The molecule has 0 saturated carbocycles. The van der Waals surface area contributed by atoms with E-state index < -0.39 is 0 Å². The van der Waals surface area contributed by atoms with E-state index in [1.165, 1.54) is 11.1 Å². The standard InChI is InChI=1S/C24H28N2O2/c1-24(2,3)26-23(27)20-13-7-12-19-17-10-6-11-18(17)21(25-22(19)20)15-8-5-9-16(14-15)28-4/h5-10,12-14,17-18,21,25H,11H2,1-4H3,(H,26,27). The number of para-hydroxylation sites is 1. The van der Waals surface area contributed by atoms with Crippen molar-refractivity contribution in [3.8, 4) is 5.75 Å². The molecule has 28 heavy (non-hydrogen) atoms. The number of hydrogen-bond acceptors (Lipinski definition) is 3. The lowest BCUT2D eigenvalue weighted by Gasteiger charge is -2.38. The predicted octanol–water partition coefficient (Wildman–Crippen LogP) is 5.05. The highest BCUT2D eigenvalue weighted by molar-refractivity contribution is 6.01. The molecule has 0 aromatic heterocycles. The maximum atomic E-state index is 13.0. The quantitative estimate of drug-likeness (QED) is 0.737. The van der Waals surface area contributed by atoms with Crippen LogP contribution in [0.2, 0.25) is 0 Å². The number of nitrogens with one attached hydrogen (secondary N) is 2. The topological polar surface area (TPSA) is 50.4 Å². The van der Waals surface area contributed by atoms with Crippen molar-refractivity contribution in [3.05, 3.63) is 71.3 Å². The van der Waals surface area contributed by atoms with E-state index in [0.29, 0.717) is 17.4 Å². The molecule has 0 bridgehead atoms. The summed E-state index contributed by atoms with van der Waals surface area (Å²) in [5.41, 5.74) is 3.77. The monoisotopic (exact) mass is 376 g/mol. The van der Waals surface area contributed by atoms with E-state index in [9.17, 15) is 4.79 Å². The number of fused-ring (bicyclic) bond motifs is 3. The molecule has 0 fully saturated rings. The van der Waals surface area contributed by atoms with Gasteiger partial charge in [0.15, 0.2) is 0 Å². The summed E-state index contributed by atoms with van der Waals surface area (Å²) in [7, 11) is 1.69. The van der Waals surface area contributed by atoms with Crippen molar-refractivity contribution >= 4 is 11.6 Å². The number of benzene rings is 2. The van der Waals surface area contributed by atoms with Crippen molar-refractivity contribution in [3.63, 3.8) is 0 Å². The first kappa shape index (κ1) is 18.6. The summed E-state index contributed by atoms with van der Waals surface area (Å²) < 4.78 is 5.44. The molecule has 0 saturated heterocycles. The van der Waals surface area contributed by atoms with Crippen LogP contribution in [0.15, 0.2) is 54.6 Å². The summed E-state index contributed by atoms with van der Waals surface area (Å²) >= 11 is 0. The number of amides is 1. The third-order valence-corrected chi connectivity index (χ3v) is 5.58. The number of carbonyl (C=O) groups excluding carboxylic acids is 1. The molecule has 1 aliphatic heterocycles. The van der Waals surface area contributed by atoms with Crippen LogP contribution in [0, 0.1) is 5.92 Å². The molecule has 2 aromatic carbocycles. The second-order valence-corrected chi connectivity index (χ2v) is 8.73. The van der Waals surface area contributed by atoms with Crippen molar-refractivity contribution in [2.45, 2.75) is 44.7 Å². The highest BCUT2D eigenvalue weighted by Crippen LogP contribution is 2.50. The van der Waals surface area contributed by atoms with Gasteiger partial charge in [-0.25, -0.2) is 0 Å². The second kappa shape index (κ2) is 7.01. The fourth-order valence-electron chi connectivity index (χ4n) is 4.38. The Kier molecular flexibility index (Phi) is 4.66. The molecule has 1 amide bonds. The van der Waals surface area contributed by atoms with Gasteiger partial charge in [-0.05, 0) is 62.4 Å². The van der Waals surface area contributed by atoms with Gasteiger partial charge in [-0.1, -0.05) is 36.4 Å². The number of rotatable bonds is 3. The lowest BCUT2D eigenvalue weighted by molar-refractivity contribution is 0.0920. The Morgan fingerprint density at radius 3 is 2.71 bits per heavy atom. The molecule has 4 nitrogen and oxygen atoms in total. The Labute approximate surface area is 167 Å². The molecule has 2 aromatic rings. The highest BCUT2D eigenvalue weighted by atomic mass is 16.5. The average molecular weight is 377 g/mol. The molecular weight excluding hydrogens is 348 g/mol. The van der Waals surface area contributed by atoms with Crippen molar-refractivity contribution in [1.29, 1.82) is 0 Å². The fourth-order valence-corrected chi connectivity index (χ4v) is 4.38. The van der Waals surface area contributed by atoms with Crippen LogP contribution in [0.1, 0.15) is 60.6 Å². The third-order valence-electron chi connectivity index (χ3n) is 5.58. The van der Waals surface area contributed by atoms with E-state index in [0.717, 1.165) is 17.9 Å². The van der Waals surface area contributed by atoms with Crippen LogP contribution >= 0.6 is 0 Å². The molecule has 146 valence electrons. The minimum absolute atomic E-state index is 0.0401. The summed E-state index contributed by atoms with van der Waals surface area (Å²) in [5, 5.41) is 6.82. The third kappa shape index (κ3) is 3.39. The molecule has 4 rings (SSSR count). The van der Waals surface area contributed by atoms with Gasteiger partial charge in [0.2, 0.25) is 0 Å². The van der Waals surface area contributed by atoms with E-state index in [2.05, 4.69) is 41.0 Å². The SMILES string of the molecule is COc1cccc(C2Nc3c(C(=O)NC(C)(C)C)cccc3C3C=CCC32)c1. The van der Waals surface area contributed by atoms with Gasteiger partial charge in [0, 0.05) is 11.5 Å². The van der Waals surface area contributed by atoms with E-state index in [1.807, 2.05) is 45.0 Å². The molecule has 3 unspecified atom stereocenters. The van der Waals surface area contributed by atoms with E-state index in [1.54, 1.807) is 7.11 Å². The highest BCUT2D eigenvalue weighted by Gasteiger charge is 2.39. The molecule has 3 atom stereocenters. The van der Waals surface area contributed by atoms with Crippen LogP contribution in [-0.4, -0.2) is 18.6 Å². The Morgan fingerprint density at radius 1 is 1.18 bits per heavy atom. The van der Waals surface area contributed by atoms with Gasteiger partial charge in [-0.2, -0.15) is 0 Å². The summed E-state index contributed by atoms with van der Waals surface area (Å²) in [6.45, 7) is 6.01. The number of ether oxygens (including phenoxy) is 1. The maximum absolute atomic E-state index is 13.0. The van der Waals surface area contributed by atoms with Crippen LogP contribution in [0.5, 0.6) is 5.75 Å². The second-order valence-electron chi connectivity index (χ2n) is 8.73. The van der Waals surface area contributed by atoms with Gasteiger partial charge in [0.05, 0.1) is 24.4 Å². The van der Waals surface area contributed by atoms with E-state index in [4.69, 9.17) is 4.74 Å². The van der Waals surface area contributed by atoms with Gasteiger partial charge < -0.3 is 15.4 Å².